The summed E-state index contributed by atoms with van der Waals surface area (Å²) in [6.07, 6.45) is 11.2. The molecule has 0 unspecified atom stereocenters. The molecule has 0 saturated heterocycles. The van der Waals surface area contributed by atoms with Gasteiger partial charge in [-0.1, -0.05) is 49.6 Å². The fourth-order valence-electron chi connectivity index (χ4n) is 4.66. The molecule has 0 aromatic heterocycles. The molecule has 0 heterocycles. The number of carbonyl (C=O) groups is 2. The Morgan fingerprint density at radius 3 is 1.53 bits per heavy atom. The van der Waals surface area contributed by atoms with Gasteiger partial charge in [0, 0.05) is 12.2 Å². The molecule has 0 amide bonds. The number of ether oxygens (including phenoxy) is 4. The SMILES string of the molecule is C=CC(=O)OCCCCCCOc1ccc(CCc2ccc(-c3ccc(OCCCCCCOC(=O)C=C)cc3)cc2F)cc1. The van der Waals surface area contributed by atoms with Gasteiger partial charge in [0.05, 0.1) is 26.4 Å². The van der Waals surface area contributed by atoms with Gasteiger partial charge >= 0.3 is 11.9 Å². The zero-order chi connectivity index (χ0) is 32.1. The van der Waals surface area contributed by atoms with Crippen LogP contribution in [0.1, 0.15) is 62.5 Å². The summed E-state index contributed by atoms with van der Waals surface area (Å²) < 4.78 is 36.6. The molecule has 0 bridgehead atoms. The van der Waals surface area contributed by atoms with Crippen molar-refractivity contribution in [1.29, 1.82) is 0 Å². The van der Waals surface area contributed by atoms with Crippen LogP contribution in [-0.4, -0.2) is 38.4 Å². The van der Waals surface area contributed by atoms with E-state index in [2.05, 4.69) is 13.2 Å². The van der Waals surface area contributed by atoms with Crippen LogP contribution in [0.3, 0.4) is 0 Å². The van der Waals surface area contributed by atoms with Gasteiger partial charge in [0.25, 0.3) is 0 Å². The lowest BCUT2D eigenvalue weighted by Gasteiger charge is -2.10. The van der Waals surface area contributed by atoms with E-state index in [1.807, 2.05) is 60.7 Å². The van der Waals surface area contributed by atoms with Gasteiger partial charge in [-0.25, -0.2) is 14.0 Å². The quantitative estimate of drug-likeness (QED) is 0.0640. The molecule has 0 fully saturated rings. The molecule has 0 spiro atoms. The van der Waals surface area contributed by atoms with Gasteiger partial charge in [-0.3, -0.25) is 0 Å². The van der Waals surface area contributed by atoms with Crippen LogP contribution < -0.4 is 9.47 Å². The van der Waals surface area contributed by atoms with Crippen LogP contribution in [0.4, 0.5) is 4.39 Å². The average Bonchev–Trinajstić information content (AvgIpc) is 3.07. The van der Waals surface area contributed by atoms with Gasteiger partial charge in [0.1, 0.15) is 17.3 Å². The van der Waals surface area contributed by atoms with Crippen molar-refractivity contribution in [2.24, 2.45) is 0 Å². The van der Waals surface area contributed by atoms with Crippen LogP contribution in [-0.2, 0) is 31.9 Å². The number of halogens is 1. The van der Waals surface area contributed by atoms with Gasteiger partial charge in [-0.05, 0) is 117 Å². The molecule has 0 aliphatic heterocycles. The summed E-state index contributed by atoms with van der Waals surface area (Å²) in [5.41, 5.74) is 3.59. The molecule has 3 aromatic carbocycles. The first kappa shape index (κ1) is 35.1. The second-order valence-corrected chi connectivity index (χ2v) is 10.7. The second kappa shape index (κ2) is 20.5. The molecule has 3 aromatic rings. The summed E-state index contributed by atoms with van der Waals surface area (Å²) in [6, 6.07) is 21.1. The number of aryl methyl sites for hydroxylation is 2. The van der Waals surface area contributed by atoms with E-state index >= 15 is 0 Å². The van der Waals surface area contributed by atoms with Crippen LogP contribution in [0.2, 0.25) is 0 Å². The highest BCUT2D eigenvalue weighted by molar-refractivity contribution is 5.81. The third kappa shape index (κ3) is 13.8. The maximum absolute atomic E-state index is 15.0. The number of carbonyl (C=O) groups excluding carboxylic acids is 2. The van der Waals surface area contributed by atoms with Crippen LogP contribution in [0, 0.1) is 5.82 Å². The zero-order valence-electron chi connectivity index (χ0n) is 26.1. The van der Waals surface area contributed by atoms with E-state index in [4.69, 9.17) is 18.9 Å². The largest absolute Gasteiger partial charge is 0.494 e. The minimum atomic E-state index is -0.381. The lowest BCUT2D eigenvalue weighted by atomic mass is 9.99. The molecule has 0 saturated carbocycles. The van der Waals surface area contributed by atoms with E-state index in [0.717, 1.165) is 86.0 Å². The Morgan fingerprint density at radius 2 is 1.04 bits per heavy atom. The summed E-state index contributed by atoms with van der Waals surface area (Å²) >= 11 is 0. The second-order valence-electron chi connectivity index (χ2n) is 10.7. The normalized spacial score (nSPS) is 10.6. The highest BCUT2D eigenvalue weighted by Crippen LogP contribution is 2.25. The number of rotatable bonds is 22. The fourth-order valence-corrected chi connectivity index (χ4v) is 4.66. The standard InChI is InChI=1S/C38H45FO6/c1-3-37(40)44-27-11-7-5-9-25-42-34-21-14-30(15-22-34)13-16-32-17-18-33(29-36(32)39)31-19-23-35(24-20-31)43-26-10-6-8-12-28-45-38(41)4-2/h3-4,14-15,17-24,29H,1-2,5-13,16,25-28H2. The van der Waals surface area contributed by atoms with Crippen LogP contribution in [0.5, 0.6) is 11.5 Å². The Morgan fingerprint density at radius 1 is 0.578 bits per heavy atom. The first-order valence-electron chi connectivity index (χ1n) is 15.8. The fraction of sp³-hybridized carbons (Fsp3) is 0.368. The Balaban J connectivity index is 1.32. The monoisotopic (exact) mass is 616 g/mol. The lowest BCUT2D eigenvalue weighted by Crippen LogP contribution is -2.02. The molecular weight excluding hydrogens is 571 g/mol. The molecule has 240 valence electrons. The number of unbranched alkanes of at least 4 members (excludes halogenated alkanes) is 6. The van der Waals surface area contributed by atoms with E-state index in [0.29, 0.717) is 38.4 Å². The Kier molecular flexibility index (Phi) is 16.0. The van der Waals surface area contributed by atoms with Crippen molar-refractivity contribution in [2.45, 2.75) is 64.2 Å². The highest BCUT2D eigenvalue weighted by Gasteiger charge is 2.07. The summed E-state index contributed by atoms with van der Waals surface area (Å²) in [5.74, 6) is 0.649. The van der Waals surface area contributed by atoms with Gasteiger partial charge in [-0.2, -0.15) is 0 Å². The van der Waals surface area contributed by atoms with E-state index in [-0.39, 0.29) is 17.8 Å². The number of hydrogen-bond donors (Lipinski definition) is 0. The molecule has 45 heavy (non-hydrogen) atoms. The topological polar surface area (TPSA) is 71.1 Å². The van der Waals surface area contributed by atoms with Crippen LogP contribution in [0.15, 0.2) is 92.0 Å². The molecule has 7 heteroatoms. The van der Waals surface area contributed by atoms with Crippen molar-refractivity contribution in [3.8, 4) is 22.6 Å². The zero-order valence-corrected chi connectivity index (χ0v) is 26.1. The third-order valence-corrected chi connectivity index (χ3v) is 7.28. The summed E-state index contributed by atoms with van der Waals surface area (Å²) in [4.78, 5) is 22.0. The molecular formula is C38H45FO6. The van der Waals surface area contributed by atoms with Crippen LogP contribution >= 0.6 is 0 Å². The number of benzene rings is 3. The summed E-state index contributed by atoms with van der Waals surface area (Å²) in [6.45, 7) is 8.85. The van der Waals surface area contributed by atoms with Gasteiger partial charge in [0.2, 0.25) is 0 Å². The van der Waals surface area contributed by atoms with E-state index in [1.54, 1.807) is 6.07 Å². The smallest absolute Gasteiger partial charge is 0.330 e. The molecule has 0 aliphatic rings. The lowest BCUT2D eigenvalue weighted by molar-refractivity contribution is -0.138. The first-order chi connectivity index (χ1) is 22.0. The highest BCUT2D eigenvalue weighted by atomic mass is 19.1. The Bertz CT molecular complexity index is 1330. The third-order valence-electron chi connectivity index (χ3n) is 7.28. The van der Waals surface area contributed by atoms with E-state index in [1.165, 1.54) is 12.2 Å². The Hall–Kier alpha value is -4.39. The van der Waals surface area contributed by atoms with Crippen molar-refractivity contribution in [2.75, 3.05) is 26.4 Å². The molecule has 0 N–H and O–H groups in total. The maximum Gasteiger partial charge on any atom is 0.330 e. The maximum atomic E-state index is 15.0. The van der Waals surface area contributed by atoms with Crippen molar-refractivity contribution >= 4 is 11.9 Å². The van der Waals surface area contributed by atoms with E-state index < -0.39 is 0 Å². The van der Waals surface area contributed by atoms with Gasteiger partial charge in [-0.15, -0.1) is 0 Å². The van der Waals surface area contributed by atoms with Crippen molar-refractivity contribution in [1.82, 2.24) is 0 Å². The predicted molar refractivity (Wildman–Crippen MR) is 176 cm³/mol. The first-order valence-corrected chi connectivity index (χ1v) is 15.8. The number of hydrogen-bond acceptors (Lipinski definition) is 6. The summed E-state index contributed by atoms with van der Waals surface area (Å²) in [7, 11) is 0. The van der Waals surface area contributed by atoms with Crippen molar-refractivity contribution < 1.29 is 32.9 Å². The molecule has 0 radical (unpaired) electrons. The molecule has 6 nitrogen and oxygen atoms in total. The minimum Gasteiger partial charge on any atom is -0.494 e. The van der Waals surface area contributed by atoms with Crippen molar-refractivity contribution in [3.05, 3.63) is 109 Å². The predicted octanol–water partition coefficient (Wildman–Crippen LogP) is 8.61. The van der Waals surface area contributed by atoms with Gasteiger partial charge in [0.15, 0.2) is 0 Å². The van der Waals surface area contributed by atoms with Gasteiger partial charge < -0.3 is 18.9 Å². The molecule has 3 rings (SSSR count). The van der Waals surface area contributed by atoms with Crippen LogP contribution in [0.25, 0.3) is 11.1 Å². The molecule has 0 aliphatic carbocycles. The number of esters is 2. The van der Waals surface area contributed by atoms with E-state index in [9.17, 15) is 14.0 Å². The molecule has 0 atom stereocenters. The Labute approximate surface area is 266 Å². The summed E-state index contributed by atoms with van der Waals surface area (Å²) in [5, 5.41) is 0. The minimum absolute atomic E-state index is 0.203. The van der Waals surface area contributed by atoms with Crippen molar-refractivity contribution in [3.63, 3.8) is 0 Å². The average molecular weight is 617 g/mol.